The Balaban J connectivity index is 1.88. The molecule has 0 radical (unpaired) electrons. The van der Waals surface area contributed by atoms with Gasteiger partial charge < -0.3 is 9.72 Å². The summed E-state index contributed by atoms with van der Waals surface area (Å²) >= 11 is 1.20. The molecule has 1 aliphatic rings. The maximum atomic E-state index is 12.1. The van der Waals surface area contributed by atoms with Crippen LogP contribution >= 0.6 is 11.8 Å². The number of carbonyl (C=O) groups is 1. The van der Waals surface area contributed by atoms with Gasteiger partial charge >= 0.3 is 5.97 Å². The van der Waals surface area contributed by atoms with Crippen molar-refractivity contribution >= 4 is 17.7 Å². The van der Waals surface area contributed by atoms with Crippen LogP contribution in [0.5, 0.6) is 0 Å². The van der Waals surface area contributed by atoms with Crippen LogP contribution in [0.3, 0.4) is 0 Å². The summed E-state index contributed by atoms with van der Waals surface area (Å²) in [5.41, 5.74) is -0.216. The van der Waals surface area contributed by atoms with Crippen molar-refractivity contribution in [2.24, 2.45) is 17.8 Å². The molecule has 0 saturated heterocycles. The number of nitrogens with zero attached hydrogens (tertiary/aromatic N) is 1. The second-order valence-corrected chi connectivity index (χ2v) is 7.35. The van der Waals surface area contributed by atoms with Gasteiger partial charge in [0.05, 0.1) is 5.75 Å². The largest absolute Gasteiger partial charge is 0.461 e. The van der Waals surface area contributed by atoms with E-state index in [1.54, 1.807) is 0 Å². The molecule has 1 aliphatic carbocycles. The average molecular weight is 324 g/mol. The van der Waals surface area contributed by atoms with E-state index in [-0.39, 0.29) is 23.4 Å². The van der Waals surface area contributed by atoms with Crippen molar-refractivity contribution in [1.82, 2.24) is 9.97 Å². The summed E-state index contributed by atoms with van der Waals surface area (Å²) < 4.78 is 5.71. The summed E-state index contributed by atoms with van der Waals surface area (Å²) in [5, 5.41) is 0.446. The molecule has 0 aromatic carbocycles. The minimum Gasteiger partial charge on any atom is -0.461 e. The molecule has 0 spiro atoms. The topological polar surface area (TPSA) is 72.0 Å². The first-order chi connectivity index (χ1) is 10.5. The number of rotatable bonds is 5. The zero-order valence-electron chi connectivity index (χ0n) is 13.4. The van der Waals surface area contributed by atoms with Crippen LogP contribution in [-0.4, -0.2) is 27.8 Å². The van der Waals surface area contributed by atoms with Crippen LogP contribution in [0.15, 0.2) is 22.2 Å². The van der Waals surface area contributed by atoms with Crippen LogP contribution in [0.1, 0.15) is 40.0 Å². The summed E-state index contributed by atoms with van der Waals surface area (Å²) in [4.78, 5) is 29.9. The Morgan fingerprint density at radius 2 is 2.27 bits per heavy atom. The molecule has 0 unspecified atom stereocenters. The third-order valence-corrected chi connectivity index (χ3v) is 5.08. The maximum Gasteiger partial charge on any atom is 0.316 e. The number of hydrogen-bond acceptors (Lipinski definition) is 5. The first kappa shape index (κ1) is 17.1. The van der Waals surface area contributed by atoms with Crippen molar-refractivity contribution in [2.45, 2.75) is 51.3 Å². The number of thioether (sulfide) groups is 1. The van der Waals surface area contributed by atoms with Gasteiger partial charge in [0.1, 0.15) is 6.10 Å². The molecule has 6 heteroatoms. The van der Waals surface area contributed by atoms with Gasteiger partial charge in [-0.25, -0.2) is 4.98 Å². The summed E-state index contributed by atoms with van der Waals surface area (Å²) in [7, 11) is 0. The van der Waals surface area contributed by atoms with E-state index >= 15 is 0 Å². The van der Waals surface area contributed by atoms with Crippen LogP contribution in [-0.2, 0) is 9.53 Å². The van der Waals surface area contributed by atoms with E-state index in [9.17, 15) is 9.59 Å². The molecule has 1 aromatic rings. The van der Waals surface area contributed by atoms with E-state index in [4.69, 9.17) is 4.74 Å². The Morgan fingerprint density at radius 3 is 2.95 bits per heavy atom. The predicted octanol–water partition coefficient (Wildman–Crippen LogP) is 2.87. The molecular weight excluding hydrogens is 300 g/mol. The van der Waals surface area contributed by atoms with Gasteiger partial charge in [-0.3, -0.25) is 9.59 Å². The van der Waals surface area contributed by atoms with Gasteiger partial charge in [-0.05, 0) is 30.6 Å². The number of carbonyl (C=O) groups excluding carboxylic acids is 1. The number of esters is 1. The summed E-state index contributed by atoms with van der Waals surface area (Å²) in [6.45, 7) is 6.59. The van der Waals surface area contributed by atoms with Crippen molar-refractivity contribution in [2.75, 3.05) is 5.75 Å². The van der Waals surface area contributed by atoms with Gasteiger partial charge in [0, 0.05) is 12.3 Å². The predicted molar refractivity (Wildman–Crippen MR) is 86.8 cm³/mol. The number of aromatic nitrogens is 2. The van der Waals surface area contributed by atoms with E-state index in [1.165, 1.54) is 30.4 Å². The van der Waals surface area contributed by atoms with E-state index < -0.39 is 0 Å². The Bertz CT molecular complexity index is 558. The highest BCUT2D eigenvalue weighted by Crippen LogP contribution is 2.35. The molecule has 5 nitrogen and oxygen atoms in total. The number of H-pyrrole nitrogens is 1. The highest BCUT2D eigenvalue weighted by atomic mass is 32.2. The lowest BCUT2D eigenvalue weighted by molar-refractivity contribution is -0.152. The molecule has 22 heavy (non-hydrogen) atoms. The van der Waals surface area contributed by atoms with Crippen LogP contribution in [0.25, 0.3) is 0 Å². The zero-order valence-corrected chi connectivity index (χ0v) is 14.2. The van der Waals surface area contributed by atoms with E-state index in [2.05, 4.69) is 30.7 Å². The molecule has 1 N–H and O–H groups in total. The number of aromatic amines is 1. The van der Waals surface area contributed by atoms with Gasteiger partial charge in [0.15, 0.2) is 5.16 Å². The lowest BCUT2D eigenvalue weighted by Crippen LogP contribution is -2.36. The lowest BCUT2D eigenvalue weighted by atomic mass is 9.75. The molecule has 1 fully saturated rings. The minimum atomic E-state index is -0.235. The van der Waals surface area contributed by atoms with Crippen molar-refractivity contribution in [3.63, 3.8) is 0 Å². The number of nitrogens with one attached hydrogen (secondary N) is 1. The van der Waals surface area contributed by atoms with E-state index in [0.717, 1.165) is 12.8 Å². The standard InChI is InChI=1S/C16H24N2O3S/c1-10(2)12-5-4-11(3)8-13(12)21-15(20)9-22-16-17-7-6-14(19)18-16/h6-7,10-13H,4-5,8-9H2,1-3H3,(H,17,18,19)/t11-,12-,13+/m0/s1. The fourth-order valence-corrected chi connectivity index (χ4v) is 3.64. The molecule has 122 valence electrons. The third-order valence-electron chi connectivity index (χ3n) is 4.22. The van der Waals surface area contributed by atoms with Crippen molar-refractivity contribution in [3.05, 3.63) is 22.6 Å². The van der Waals surface area contributed by atoms with Crippen LogP contribution in [0, 0.1) is 17.8 Å². The highest BCUT2D eigenvalue weighted by molar-refractivity contribution is 7.99. The quantitative estimate of drug-likeness (QED) is 0.512. The van der Waals surface area contributed by atoms with Crippen LogP contribution in [0.2, 0.25) is 0 Å². The molecule has 1 heterocycles. The van der Waals surface area contributed by atoms with Crippen molar-refractivity contribution < 1.29 is 9.53 Å². The van der Waals surface area contributed by atoms with Gasteiger partial charge in [0.25, 0.3) is 5.56 Å². The molecule has 2 rings (SSSR count). The smallest absolute Gasteiger partial charge is 0.316 e. The highest BCUT2D eigenvalue weighted by Gasteiger charge is 2.33. The van der Waals surface area contributed by atoms with Crippen molar-refractivity contribution in [3.8, 4) is 0 Å². The number of hydrogen-bond donors (Lipinski definition) is 1. The molecule has 3 atom stereocenters. The molecule has 1 aromatic heterocycles. The summed E-state index contributed by atoms with van der Waals surface area (Å²) in [6, 6.07) is 1.35. The fourth-order valence-electron chi connectivity index (χ4n) is 3.01. The normalized spacial score (nSPS) is 25.2. The second kappa shape index (κ2) is 7.81. The average Bonchev–Trinajstić information content (AvgIpc) is 2.45. The first-order valence-electron chi connectivity index (χ1n) is 7.83. The monoisotopic (exact) mass is 324 g/mol. The molecule has 0 aliphatic heterocycles. The maximum absolute atomic E-state index is 12.1. The van der Waals surface area contributed by atoms with Crippen molar-refractivity contribution in [1.29, 1.82) is 0 Å². The fraction of sp³-hybridized carbons (Fsp3) is 0.688. The Kier molecular flexibility index (Phi) is 6.06. The van der Waals surface area contributed by atoms with Gasteiger partial charge in [0.2, 0.25) is 0 Å². The van der Waals surface area contributed by atoms with E-state index in [1.807, 2.05) is 0 Å². The van der Waals surface area contributed by atoms with Crippen LogP contribution in [0.4, 0.5) is 0 Å². The Hall–Kier alpha value is -1.30. The lowest BCUT2D eigenvalue weighted by Gasteiger charge is -2.36. The first-order valence-corrected chi connectivity index (χ1v) is 8.82. The molecule has 1 saturated carbocycles. The van der Waals surface area contributed by atoms with Crippen LogP contribution < -0.4 is 5.56 Å². The Morgan fingerprint density at radius 1 is 1.50 bits per heavy atom. The molecule has 0 bridgehead atoms. The third kappa shape index (κ3) is 4.87. The van der Waals surface area contributed by atoms with Gasteiger partial charge in [-0.1, -0.05) is 39.0 Å². The molecule has 0 amide bonds. The zero-order chi connectivity index (χ0) is 16.1. The number of ether oxygens (including phenoxy) is 1. The second-order valence-electron chi connectivity index (χ2n) is 6.38. The van der Waals surface area contributed by atoms with E-state index in [0.29, 0.717) is 22.9 Å². The minimum absolute atomic E-state index is 0.0135. The SMILES string of the molecule is CC(C)[C@@H]1CC[C@H](C)C[C@H]1OC(=O)CSc1nccc(=O)[nH]1. The Labute approximate surface area is 135 Å². The summed E-state index contributed by atoms with van der Waals surface area (Å²) in [6.07, 6.45) is 4.72. The summed E-state index contributed by atoms with van der Waals surface area (Å²) in [5.74, 6) is 1.50. The van der Waals surface area contributed by atoms with Gasteiger partial charge in [-0.15, -0.1) is 0 Å². The van der Waals surface area contributed by atoms with Gasteiger partial charge in [-0.2, -0.15) is 0 Å². The molecular formula is C16H24N2O3S.